The van der Waals surface area contributed by atoms with Gasteiger partial charge in [0.15, 0.2) is 0 Å². The number of hydrogen-bond donors (Lipinski definition) is 1. The topological polar surface area (TPSA) is 41.6 Å². The van der Waals surface area contributed by atoms with Crippen molar-refractivity contribution < 1.29 is 9.53 Å². The summed E-state index contributed by atoms with van der Waals surface area (Å²) in [6.45, 7) is 3.12. The lowest BCUT2D eigenvalue weighted by molar-refractivity contribution is -0.124. The quantitative estimate of drug-likeness (QED) is 0.901. The molecule has 23 heavy (non-hydrogen) atoms. The highest BCUT2D eigenvalue weighted by Gasteiger charge is 2.23. The van der Waals surface area contributed by atoms with Crippen LogP contribution < -0.4 is 5.32 Å². The Labute approximate surface area is 145 Å². The van der Waals surface area contributed by atoms with Gasteiger partial charge in [-0.25, -0.2) is 0 Å². The molecule has 1 unspecified atom stereocenters. The van der Waals surface area contributed by atoms with Gasteiger partial charge in [0.05, 0.1) is 25.8 Å². The number of benzene rings is 1. The third-order valence-electron chi connectivity index (χ3n) is 3.80. The van der Waals surface area contributed by atoms with Crippen LogP contribution in [0.4, 0.5) is 0 Å². The van der Waals surface area contributed by atoms with Crippen LogP contribution in [0.1, 0.15) is 16.5 Å². The largest absolute Gasteiger partial charge is 0.371 e. The Balaban J connectivity index is 1.50. The number of amides is 1. The number of halogens is 1. The molecule has 1 aromatic carbocycles. The Morgan fingerprint density at radius 1 is 1.35 bits per heavy atom. The second-order valence-electron chi connectivity index (χ2n) is 5.50. The van der Waals surface area contributed by atoms with Gasteiger partial charge in [-0.2, -0.15) is 0 Å². The summed E-state index contributed by atoms with van der Waals surface area (Å²) < 4.78 is 5.82. The lowest BCUT2D eigenvalue weighted by Crippen LogP contribution is -2.44. The van der Waals surface area contributed by atoms with Crippen LogP contribution >= 0.6 is 22.9 Å². The predicted molar refractivity (Wildman–Crippen MR) is 92.8 cm³/mol. The monoisotopic (exact) mass is 350 g/mol. The Hall–Kier alpha value is -1.40. The average molecular weight is 351 g/mol. The minimum atomic E-state index is -0.00823. The van der Waals surface area contributed by atoms with Crippen LogP contribution in [0.2, 0.25) is 5.02 Å². The van der Waals surface area contributed by atoms with E-state index in [0.717, 1.165) is 17.1 Å². The first kappa shape index (κ1) is 16.5. The summed E-state index contributed by atoms with van der Waals surface area (Å²) in [6, 6.07) is 11.7. The molecule has 1 amide bonds. The van der Waals surface area contributed by atoms with E-state index in [1.807, 2.05) is 41.8 Å². The molecule has 2 aromatic rings. The molecule has 2 heterocycles. The Kier molecular flexibility index (Phi) is 5.67. The predicted octanol–water partition coefficient (Wildman–Crippen LogP) is 3.09. The number of ether oxygens (including phenoxy) is 1. The number of carbonyl (C=O) groups is 1. The molecule has 1 aliphatic rings. The lowest BCUT2D eigenvalue weighted by atomic mass is 10.1. The smallest absolute Gasteiger partial charge is 0.234 e. The van der Waals surface area contributed by atoms with Crippen molar-refractivity contribution in [1.29, 1.82) is 0 Å². The molecule has 1 N–H and O–H groups in total. The summed E-state index contributed by atoms with van der Waals surface area (Å²) in [5.74, 6) is 0.0511. The molecule has 0 aliphatic carbocycles. The summed E-state index contributed by atoms with van der Waals surface area (Å²) in [5.41, 5.74) is 1.10. The molecule has 4 nitrogen and oxygen atoms in total. The first-order valence-corrected chi connectivity index (χ1v) is 8.85. The third-order valence-corrected chi connectivity index (χ3v) is 4.93. The van der Waals surface area contributed by atoms with Crippen molar-refractivity contribution in [2.45, 2.75) is 12.6 Å². The van der Waals surface area contributed by atoms with Crippen LogP contribution in [-0.2, 0) is 16.1 Å². The standard InChI is InChI=1S/C17H19ClN2O2S/c18-14-5-3-13(4-6-14)16-11-20(7-8-22-16)12-17(21)19-10-15-2-1-9-23-15/h1-6,9,16H,7-8,10-12H2,(H,19,21). The molecular formula is C17H19ClN2O2S. The number of carbonyl (C=O) groups excluding carboxylic acids is 1. The number of nitrogens with zero attached hydrogens (tertiary/aromatic N) is 1. The van der Waals surface area contributed by atoms with Crippen molar-refractivity contribution >= 4 is 28.8 Å². The molecule has 1 atom stereocenters. The van der Waals surface area contributed by atoms with Crippen molar-refractivity contribution in [2.75, 3.05) is 26.2 Å². The second-order valence-corrected chi connectivity index (χ2v) is 6.97. The van der Waals surface area contributed by atoms with E-state index < -0.39 is 0 Å². The fourth-order valence-corrected chi connectivity index (χ4v) is 3.35. The lowest BCUT2D eigenvalue weighted by Gasteiger charge is -2.32. The molecule has 0 saturated carbocycles. The van der Waals surface area contributed by atoms with E-state index in [1.165, 1.54) is 4.88 Å². The maximum absolute atomic E-state index is 12.1. The van der Waals surface area contributed by atoms with Gasteiger partial charge in [-0.15, -0.1) is 11.3 Å². The zero-order valence-corrected chi connectivity index (χ0v) is 14.3. The van der Waals surface area contributed by atoms with Gasteiger partial charge in [0.2, 0.25) is 5.91 Å². The van der Waals surface area contributed by atoms with Gasteiger partial charge in [0, 0.05) is 23.0 Å². The summed E-state index contributed by atoms with van der Waals surface area (Å²) in [7, 11) is 0. The second kappa shape index (κ2) is 7.93. The number of hydrogen-bond acceptors (Lipinski definition) is 4. The Bertz CT molecular complexity index is 631. The van der Waals surface area contributed by atoms with E-state index in [1.54, 1.807) is 11.3 Å². The van der Waals surface area contributed by atoms with E-state index in [9.17, 15) is 4.79 Å². The van der Waals surface area contributed by atoms with Crippen molar-refractivity contribution in [2.24, 2.45) is 0 Å². The number of rotatable bonds is 5. The molecular weight excluding hydrogens is 332 g/mol. The molecule has 1 aromatic heterocycles. The van der Waals surface area contributed by atoms with Crippen LogP contribution in [0.25, 0.3) is 0 Å². The minimum Gasteiger partial charge on any atom is -0.371 e. The van der Waals surface area contributed by atoms with E-state index in [4.69, 9.17) is 16.3 Å². The first-order valence-electron chi connectivity index (χ1n) is 7.59. The third kappa shape index (κ3) is 4.78. The maximum Gasteiger partial charge on any atom is 0.234 e. The number of nitrogens with one attached hydrogen (secondary N) is 1. The fourth-order valence-electron chi connectivity index (χ4n) is 2.58. The Morgan fingerprint density at radius 3 is 2.91 bits per heavy atom. The van der Waals surface area contributed by atoms with Crippen LogP contribution in [0.5, 0.6) is 0 Å². The van der Waals surface area contributed by atoms with E-state index in [2.05, 4.69) is 10.2 Å². The van der Waals surface area contributed by atoms with Gasteiger partial charge in [-0.05, 0) is 29.1 Å². The van der Waals surface area contributed by atoms with E-state index >= 15 is 0 Å². The zero-order chi connectivity index (χ0) is 16.1. The van der Waals surface area contributed by atoms with E-state index in [-0.39, 0.29) is 12.0 Å². The van der Waals surface area contributed by atoms with Crippen LogP contribution in [0.3, 0.4) is 0 Å². The molecule has 1 fully saturated rings. The Morgan fingerprint density at radius 2 is 2.17 bits per heavy atom. The van der Waals surface area contributed by atoms with Gasteiger partial charge < -0.3 is 10.1 Å². The molecule has 0 radical (unpaired) electrons. The van der Waals surface area contributed by atoms with Gasteiger partial charge in [-0.1, -0.05) is 29.8 Å². The van der Waals surface area contributed by atoms with Gasteiger partial charge in [0.25, 0.3) is 0 Å². The molecule has 1 saturated heterocycles. The molecule has 0 bridgehead atoms. The van der Waals surface area contributed by atoms with E-state index in [0.29, 0.717) is 26.2 Å². The normalized spacial score (nSPS) is 18.7. The van der Waals surface area contributed by atoms with Gasteiger partial charge in [0.1, 0.15) is 0 Å². The number of morpholine rings is 1. The summed E-state index contributed by atoms with van der Waals surface area (Å²) in [6.07, 6.45) is -0.00823. The van der Waals surface area contributed by atoms with Crippen LogP contribution in [0, 0.1) is 0 Å². The van der Waals surface area contributed by atoms with Crippen LogP contribution in [0.15, 0.2) is 41.8 Å². The van der Waals surface area contributed by atoms with Crippen LogP contribution in [-0.4, -0.2) is 37.0 Å². The molecule has 122 valence electrons. The highest BCUT2D eigenvalue weighted by atomic mass is 35.5. The summed E-state index contributed by atoms with van der Waals surface area (Å²) in [4.78, 5) is 15.4. The summed E-state index contributed by atoms with van der Waals surface area (Å²) >= 11 is 7.57. The SMILES string of the molecule is O=C(CN1CCOC(c2ccc(Cl)cc2)C1)NCc1cccs1. The molecule has 3 rings (SSSR count). The fraction of sp³-hybridized carbons (Fsp3) is 0.353. The molecule has 6 heteroatoms. The first-order chi connectivity index (χ1) is 11.2. The van der Waals surface area contributed by atoms with Gasteiger partial charge >= 0.3 is 0 Å². The summed E-state index contributed by atoms with van der Waals surface area (Å²) in [5, 5.41) is 5.70. The number of thiophene rings is 1. The van der Waals surface area contributed by atoms with Crippen molar-refractivity contribution in [1.82, 2.24) is 10.2 Å². The molecule has 0 spiro atoms. The maximum atomic E-state index is 12.1. The van der Waals surface area contributed by atoms with Crippen molar-refractivity contribution in [3.63, 3.8) is 0 Å². The van der Waals surface area contributed by atoms with Gasteiger partial charge in [-0.3, -0.25) is 9.69 Å². The highest BCUT2D eigenvalue weighted by molar-refractivity contribution is 7.09. The van der Waals surface area contributed by atoms with Crippen molar-refractivity contribution in [3.8, 4) is 0 Å². The van der Waals surface area contributed by atoms with Crippen molar-refractivity contribution in [3.05, 3.63) is 57.2 Å². The zero-order valence-electron chi connectivity index (χ0n) is 12.7. The average Bonchev–Trinajstić information content (AvgIpc) is 3.07. The minimum absolute atomic E-state index is 0.00823. The highest BCUT2D eigenvalue weighted by Crippen LogP contribution is 2.23. The molecule has 1 aliphatic heterocycles.